The molecule has 0 N–H and O–H groups in total. The van der Waals surface area contributed by atoms with Crippen molar-refractivity contribution in [3.8, 4) is 5.75 Å². The molecule has 2 aromatic rings. The molecule has 2 aliphatic heterocycles. The summed E-state index contributed by atoms with van der Waals surface area (Å²) in [6, 6.07) is 5.65. The third-order valence-corrected chi connectivity index (χ3v) is 8.01. The van der Waals surface area contributed by atoms with Gasteiger partial charge in [-0.25, -0.2) is 8.42 Å². The van der Waals surface area contributed by atoms with Crippen LogP contribution in [-0.2, 0) is 10.0 Å². The summed E-state index contributed by atoms with van der Waals surface area (Å²) in [5.41, 5.74) is 1.94. The molecule has 1 aromatic heterocycles. The van der Waals surface area contributed by atoms with E-state index in [2.05, 4.69) is 12.1 Å². The molecule has 0 radical (unpaired) electrons. The second kappa shape index (κ2) is 7.14. The number of aryl methyl sites for hydroxylation is 2. The van der Waals surface area contributed by atoms with Crippen molar-refractivity contribution in [1.29, 1.82) is 0 Å². The molecule has 1 amide bonds. The number of carbonyl (C=O) groups is 1. The van der Waals surface area contributed by atoms with Gasteiger partial charge in [0.25, 0.3) is 5.91 Å². The first-order valence-corrected chi connectivity index (χ1v) is 11.2. The van der Waals surface area contributed by atoms with Gasteiger partial charge in [0, 0.05) is 37.7 Å². The molecule has 0 unspecified atom stereocenters. The van der Waals surface area contributed by atoms with Crippen LogP contribution in [0.4, 0.5) is 0 Å². The number of amides is 1. The highest BCUT2D eigenvalue weighted by atomic mass is 32.2. The van der Waals surface area contributed by atoms with E-state index < -0.39 is 10.0 Å². The van der Waals surface area contributed by atoms with E-state index >= 15 is 0 Å². The number of nitrogens with zero attached hydrogens (tertiary/aromatic N) is 3. The number of ether oxygens (including phenoxy) is 1. The van der Waals surface area contributed by atoms with Gasteiger partial charge < -0.3 is 14.2 Å². The van der Waals surface area contributed by atoms with Crippen molar-refractivity contribution >= 4 is 15.9 Å². The maximum atomic E-state index is 13.1. The highest BCUT2D eigenvalue weighted by Crippen LogP contribution is 2.40. The summed E-state index contributed by atoms with van der Waals surface area (Å²) < 4.78 is 38.3. The van der Waals surface area contributed by atoms with Crippen LogP contribution < -0.4 is 4.74 Å². The molecular formula is C20H25N3O5S. The fraction of sp³-hybridized carbons (Fsp3) is 0.500. The van der Waals surface area contributed by atoms with Gasteiger partial charge in [0.05, 0.1) is 5.56 Å². The lowest BCUT2D eigenvalue weighted by Gasteiger charge is -2.34. The molecule has 2 atom stereocenters. The van der Waals surface area contributed by atoms with Gasteiger partial charge >= 0.3 is 0 Å². The average Bonchev–Trinajstić information content (AvgIpc) is 3.20. The quantitative estimate of drug-likeness (QED) is 0.758. The molecule has 0 spiro atoms. The molecule has 9 heteroatoms. The molecule has 1 fully saturated rings. The Bertz CT molecular complexity index is 1030. The third kappa shape index (κ3) is 3.22. The maximum absolute atomic E-state index is 13.1. The summed E-state index contributed by atoms with van der Waals surface area (Å²) in [5.74, 6) is 1.04. The largest absolute Gasteiger partial charge is 0.489 e. The summed E-state index contributed by atoms with van der Waals surface area (Å²) in [6.07, 6.45) is 0.0241. The Hall–Kier alpha value is -2.39. The molecule has 156 valence electrons. The molecular weight excluding hydrogens is 394 g/mol. The monoisotopic (exact) mass is 419 g/mol. The van der Waals surface area contributed by atoms with Crippen LogP contribution >= 0.6 is 0 Å². The summed E-state index contributed by atoms with van der Waals surface area (Å²) >= 11 is 0. The summed E-state index contributed by atoms with van der Waals surface area (Å²) in [7, 11) is -3.70. The first-order chi connectivity index (χ1) is 13.7. The Labute approximate surface area is 170 Å². The number of para-hydroxylation sites is 1. The van der Waals surface area contributed by atoms with E-state index in [1.165, 1.54) is 4.31 Å². The molecule has 29 heavy (non-hydrogen) atoms. The molecule has 1 aromatic carbocycles. The third-order valence-electron chi connectivity index (χ3n) is 5.87. The number of sulfonamides is 1. The minimum Gasteiger partial charge on any atom is -0.489 e. The van der Waals surface area contributed by atoms with E-state index in [4.69, 9.17) is 9.26 Å². The molecule has 8 nitrogen and oxygen atoms in total. The number of aromatic nitrogens is 1. The highest BCUT2D eigenvalue weighted by Gasteiger charge is 2.36. The van der Waals surface area contributed by atoms with Crippen molar-refractivity contribution in [3.63, 3.8) is 0 Å². The summed E-state index contributed by atoms with van der Waals surface area (Å²) in [6.45, 7) is 8.36. The van der Waals surface area contributed by atoms with Gasteiger partial charge in [-0.3, -0.25) is 4.79 Å². The van der Waals surface area contributed by atoms with Crippen LogP contribution in [-0.4, -0.2) is 61.0 Å². The Morgan fingerprint density at radius 1 is 1.14 bits per heavy atom. The van der Waals surface area contributed by atoms with Crippen LogP contribution in [0.3, 0.4) is 0 Å². The van der Waals surface area contributed by atoms with Crippen molar-refractivity contribution in [3.05, 3.63) is 40.8 Å². The van der Waals surface area contributed by atoms with E-state index in [1.807, 2.05) is 19.1 Å². The Morgan fingerprint density at radius 2 is 1.83 bits per heavy atom. The number of rotatable bonds is 3. The zero-order valence-electron chi connectivity index (χ0n) is 17.0. The number of hydrogen-bond acceptors (Lipinski definition) is 6. The second-order valence-corrected chi connectivity index (χ2v) is 9.56. The number of piperazine rings is 1. The fourth-order valence-corrected chi connectivity index (χ4v) is 5.74. The van der Waals surface area contributed by atoms with Crippen LogP contribution in [0, 0.1) is 13.8 Å². The van der Waals surface area contributed by atoms with E-state index in [0.717, 1.165) is 5.56 Å². The topological polar surface area (TPSA) is 93.0 Å². The maximum Gasteiger partial charge on any atom is 0.257 e. The second-order valence-electron chi connectivity index (χ2n) is 7.69. The molecule has 3 heterocycles. The molecule has 0 aliphatic carbocycles. The molecule has 4 rings (SSSR count). The predicted molar refractivity (Wildman–Crippen MR) is 106 cm³/mol. The molecule has 2 aliphatic rings. The minimum atomic E-state index is -3.70. The standard InChI is InChI=1S/C20H25N3O5S/c1-12-14(3)27-18-16(12)6-5-7-17(18)20(24)22-8-10-23(11-9-22)29(25,26)19-13(2)21-28-15(19)4/h5-7,12,14H,8-11H2,1-4H3/t12-,14+/m1/s1. The average molecular weight is 420 g/mol. The van der Waals surface area contributed by atoms with E-state index in [9.17, 15) is 13.2 Å². The zero-order chi connectivity index (χ0) is 20.9. The van der Waals surface area contributed by atoms with Crippen molar-refractivity contribution in [2.45, 2.75) is 44.6 Å². The number of carbonyl (C=O) groups excluding carboxylic acids is 1. The number of fused-ring (bicyclic) bond motifs is 1. The Morgan fingerprint density at radius 3 is 2.45 bits per heavy atom. The SMILES string of the molecule is Cc1noc(C)c1S(=O)(=O)N1CCN(C(=O)c2cccc3c2O[C@@H](C)[C@H]3C)CC1. The van der Waals surface area contributed by atoms with Gasteiger partial charge in [-0.05, 0) is 26.8 Å². The normalized spacial score (nSPS) is 22.4. The van der Waals surface area contributed by atoms with Crippen LogP contribution in [0.1, 0.15) is 47.1 Å². The van der Waals surface area contributed by atoms with Crippen LogP contribution in [0.15, 0.2) is 27.6 Å². The highest BCUT2D eigenvalue weighted by molar-refractivity contribution is 7.89. The lowest BCUT2D eigenvalue weighted by Crippen LogP contribution is -2.50. The molecule has 0 saturated carbocycles. The lowest BCUT2D eigenvalue weighted by atomic mass is 9.96. The van der Waals surface area contributed by atoms with Gasteiger partial charge in [-0.1, -0.05) is 24.2 Å². The summed E-state index contributed by atoms with van der Waals surface area (Å²) in [5, 5.41) is 3.75. The smallest absolute Gasteiger partial charge is 0.257 e. The van der Waals surface area contributed by atoms with Gasteiger partial charge in [0.2, 0.25) is 10.0 Å². The Balaban J connectivity index is 1.51. The van der Waals surface area contributed by atoms with E-state index in [0.29, 0.717) is 30.1 Å². The van der Waals surface area contributed by atoms with Gasteiger partial charge in [0.15, 0.2) is 5.76 Å². The first-order valence-electron chi connectivity index (χ1n) is 9.73. The van der Waals surface area contributed by atoms with Crippen LogP contribution in [0.25, 0.3) is 0 Å². The van der Waals surface area contributed by atoms with E-state index in [-0.39, 0.29) is 41.7 Å². The Kier molecular flexibility index (Phi) is 4.90. The van der Waals surface area contributed by atoms with Gasteiger partial charge in [-0.15, -0.1) is 0 Å². The fourth-order valence-electron chi connectivity index (χ4n) is 4.03. The van der Waals surface area contributed by atoms with Crippen LogP contribution in [0.2, 0.25) is 0 Å². The lowest BCUT2D eigenvalue weighted by molar-refractivity contribution is 0.0692. The van der Waals surface area contributed by atoms with Crippen molar-refractivity contribution in [2.24, 2.45) is 0 Å². The van der Waals surface area contributed by atoms with Crippen molar-refractivity contribution < 1.29 is 22.5 Å². The molecule has 1 saturated heterocycles. The number of benzene rings is 1. The van der Waals surface area contributed by atoms with E-state index in [1.54, 1.807) is 24.8 Å². The zero-order valence-corrected chi connectivity index (χ0v) is 17.8. The first kappa shape index (κ1) is 19.9. The van der Waals surface area contributed by atoms with Crippen molar-refractivity contribution in [2.75, 3.05) is 26.2 Å². The predicted octanol–water partition coefficient (Wildman–Crippen LogP) is 2.32. The number of hydrogen-bond donors (Lipinski definition) is 0. The van der Waals surface area contributed by atoms with Crippen LogP contribution in [0.5, 0.6) is 5.75 Å². The molecule has 0 bridgehead atoms. The minimum absolute atomic E-state index is 0.0241. The van der Waals surface area contributed by atoms with Crippen molar-refractivity contribution in [1.82, 2.24) is 14.4 Å². The van der Waals surface area contributed by atoms with Gasteiger partial charge in [-0.2, -0.15) is 4.31 Å². The summed E-state index contributed by atoms with van der Waals surface area (Å²) in [4.78, 5) is 14.9. The van der Waals surface area contributed by atoms with Gasteiger partial charge in [0.1, 0.15) is 22.4 Å².